The Morgan fingerprint density at radius 1 is 1.19 bits per heavy atom. The van der Waals surface area contributed by atoms with Crippen molar-refractivity contribution in [3.05, 3.63) is 58.8 Å². The lowest BCUT2D eigenvalue weighted by atomic mass is 9.67. The zero-order valence-electron chi connectivity index (χ0n) is 15.3. The van der Waals surface area contributed by atoms with Gasteiger partial charge in [-0.2, -0.15) is 0 Å². The summed E-state index contributed by atoms with van der Waals surface area (Å²) >= 11 is 0. The number of hydrogen-bond donors (Lipinski definition) is 2. The molecule has 1 unspecified atom stereocenters. The van der Waals surface area contributed by atoms with Gasteiger partial charge in [0.2, 0.25) is 0 Å². The molecule has 4 rings (SSSR count). The molecular formula is C21H21F2N3O. The first kappa shape index (κ1) is 17.6. The molecule has 0 spiro atoms. The number of carbonyl (C=O) groups excluding carboxylic acids is 1. The van der Waals surface area contributed by atoms with Gasteiger partial charge in [0, 0.05) is 17.8 Å². The molecule has 0 saturated heterocycles. The average molecular weight is 369 g/mol. The van der Waals surface area contributed by atoms with Crippen LogP contribution in [0.2, 0.25) is 0 Å². The van der Waals surface area contributed by atoms with E-state index in [0.29, 0.717) is 17.9 Å². The van der Waals surface area contributed by atoms with E-state index in [4.69, 9.17) is 0 Å². The third-order valence-corrected chi connectivity index (χ3v) is 5.45. The minimum Gasteiger partial charge on any atom is -0.347 e. The van der Waals surface area contributed by atoms with E-state index in [1.807, 2.05) is 12.2 Å². The summed E-state index contributed by atoms with van der Waals surface area (Å²) in [5.74, 6) is -1.18. The van der Waals surface area contributed by atoms with Crippen molar-refractivity contribution in [3.8, 4) is 0 Å². The number of fused-ring (bicyclic) bond motifs is 1. The third-order valence-electron chi connectivity index (χ3n) is 5.45. The van der Waals surface area contributed by atoms with Gasteiger partial charge in [-0.3, -0.25) is 4.79 Å². The summed E-state index contributed by atoms with van der Waals surface area (Å²) in [6.45, 7) is 4.27. The molecular weight excluding hydrogens is 348 g/mol. The fraction of sp³-hybridized carbons (Fsp3) is 0.333. The predicted molar refractivity (Wildman–Crippen MR) is 101 cm³/mol. The second kappa shape index (κ2) is 6.44. The Kier molecular flexibility index (Phi) is 4.21. The Labute approximate surface area is 156 Å². The van der Waals surface area contributed by atoms with Gasteiger partial charge < -0.3 is 10.6 Å². The van der Waals surface area contributed by atoms with Crippen LogP contribution in [-0.4, -0.2) is 16.9 Å². The second-order valence-electron chi connectivity index (χ2n) is 7.87. The van der Waals surface area contributed by atoms with Gasteiger partial charge in [0.15, 0.2) is 0 Å². The summed E-state index contributed by atoms with van der Waals surface area (Å²) in [4.78, 5) is 17.3. The van der Waals surface area contributed by atoms with Crippen molar-refractivity contribution in [3.63, 3.8) is 0 Å². The van der Waals surface area contributed by atoms with Crippen molar-refractivity contribution in [2.24, 2.45) is 5.41 Å². The molecule has 1 aromatic heterocycles. The third kappa shape index (κ3) is 3.44. The SMILES string of the molecule is CC1(C)CCC1NC(=O)c1nc(Nc2cc(F)cc(F)c2)cc2c1CC=C2. The summed E-state index contributed by atoms with van der Waals surface area (Å²) in [5.41, 5.74) is 2.46. The van der Waals surface area contributed by atoms with Crippen LogP contribution < -0.4 is 10.6 Å². The molecule has 1 atom stereocenters. The van der Waals surface area contributed by atoms with Crippen molar-refractivity contribution >= 4 is 23.5 Å². The number of allylic oxidation sites excluding steroid dienone is 1. The van der Waals surface area contributed by atoms with Crippen LogP contribution in [-0.2, 0) is 6.42 Å². The second-order valence-corrected chi connectivity index (χ2v) is 7.87. The van der Waals surface area contributed by atoms with Gasteiger partial charge in [-0.25, -0.2) is 13.8 Å². The molecule has 1 saturated carbocycles. The lowest BCUT2D eigenvalue weighted by Crippen LogP contribution is -2.52. The van der Waals surface area contributed by atoms with Crippen LogP contribution in [0.3, 0.4) is 0 Å². The summed E-state index contributed by atoms with van der Waals surface area (Å²) < 4.78 is 26.9. The highest BCUT2D eigenvalue weighted by molar-refractivity contribution is 5.96. The molecule has 2 N–H and O–H groups in total. The monoisotopic (exact) mass is 369 g/mol. The van der Waals surface area contributed by atoms with Crippen molar-refractivity contribution in [2.45, 2.75) is 39.2 Å². The van der Waals surface area contributed by atoms with E-state index >= 15 is 0 Å². The van der Waals surface area contributed by atoms with E-state index in [1.165, 1.54) is 12.1 Å². The largest absolute Gasteiger partial charge is 0.347 e. The van der Waals surface area contributed by atoms with Crippen molar-refractivity contribution < 1.29 is 13.6 Å². The van der Waals surface area contributed by atoms with E-state index in [9.17, 15) is 13.6 Å². The molecule has 27 heavy (non-hydrogen) atoms. The Hall–Kier alpha value is -2.76. The molecule has 140 valence electrons. The van der Waals surface area contributed by atoms with Gasteiger partial charge in [0.1, 0.15) is 23.1 Å². The first-order valence-corrected chi connectivity index (χ1v) is 9.06. The lowest BCUT2D eigenvalue weighted by molar-refractivity contribution is 0.0727. The van der Waals surface area contributed by atoms with Gasteiger partial charge in [-0.15, -0.1) is 0 Å². The number of aromatic nitrogens is 1. The fourth-order valence-corrected chi connectivity index (χ4v) is 3.64. The number of nitrogens with one attached hydrogen (secondary N) is 2. The molecule has 1 aromatic carbocycles. The van der Waals surface area contributed by atoms with Crippen LogP contribution in [0, 0.1) is 17.0 Å². The maximum atomic E-state index is 13.4. The molecule has 2 aromatic rings. The number of benzene rings is 1. The quantitative estimate of drug-likeness (QED) is 0.829. The Morgan fingerprint density at radius 2 is 1.93 bits per heavy atom. The standard InChI is InChI=1S/C21H21F2N3O/c1-21(2)7-6-17(21)25-20(27)19-16-5-3-4-12(16)8-18(26-19)24-15-10-13(22)9-14(23)11-15/h3-4,8-11,17H,5-7H2,1-2H3,(H,24,26)(H,25,27). The number of rotatable bonds is 4. The van der Waals surface area contributed by atoms with Crippen LogP contribution in [0.5, 0.6) is 0 Å². The Balaban J connectivity index is 1.63. The van der Waals surface area contributed by atoms with Crippen LogP contribution >= 0.6 is 0 Å². The number of carbonyl (C=O) groups is 1. The zero-order chi connectivity index (χ0) is 19.2. The van der Waals surface area contributed by atoms with Gasteiger partial charge in [-0.05, 0) is 54.0 Å². The van der Waals surface area contributed by atoms with Crippen LogP contribution in [0.15, 0.2) is 30.3 Å². The normalized spacial score (nSPS) is 19.3. The smallest absolute Gasteiger partial charge is 0.270 e. The van der Waals surface area contributed by atoms with Crippen LogP contribution in [0.4, 0.5) is 20.3 Å². The predicted octanol–water partition coefficient (Wildman–Crippen LogP) is 4.59. The number of amides is 1. The minimum atomic E-state index is -0.677. The van der Waals surface area contributed by atoms with E-state index in [0.717, 1.165) is 30.0 Å². The van der Waals surface area contributed by atoms with Gasteiger partial charge in [0.05, 0.1) is 0 Å². The molecule has 0 aliphatic heterocycles. The van der Waals surface area contributed by atoms with E-state index in [1.54, 1.807) is 6.07 Å². The number of halogens is 2. The molecule has 1 heterocycles. The maximum absolute atomic E-state index is 13.4. The number of pyridine rings is 1. The highest BCUT2D eigenvalue weighted by atomic mass is 19.1. The Bertz CT molecular complexity index is 932. The van der Waals surface area contributed by atoms with Crippen molar-refractivity contribution in [1.29, 1.82) is 0 Å². The first-order valence-electron chi connectivity index (χ1n) is 9.06. The minimum absolute atomic E-state index is 0.0893. The van der Waals surface area contributed by atoms with Crippen molar-refractivity contribution in [2.75, 3.05) is 5.32 Å². The summed E-state index contributed by atoms with van der Waals surface area (Å²) in [7, 11) is 0. The molecule has 0 radical (unpaired) electrons. The van der Waals surface area contributed by atoms with E-state index in [2.05, 4.69) is 29.5 Å². The highest BCUT2D eigenvalue weighted by Gasteiger charge is 2.39. The number of anilines is 2. The van der Waals surface area contributed by atoms with Gasteiger partial charge >= 0.3 is 0 Å². The molecule has 1 amide bonds. The number of nitrogens with zero attached hydrogens (tertiary/aromatic N) is 1. The molecule has 0 bridgehead atoms. The average Bonchev–Trinajstić information content (AvgIpc) is 3.05. The van der Waals surface area contributed by atoms with Crippen molar-refractivity contribution in [1.82, 2.24) is 10.3 Å². The topological polar surface area (TPSA) is 54.0 Å². The van der Waals surface area contributed by atoms with Gasteiger partial charge in [-0.1, -0.05) is 26.0 Å². The van der Waals surface area contributed by atoms with Gasteiger partial charge in [0.25, 0.3) is 5.91 Å². The molecule has 1 fully saturated rings. The molecule has 2 aliphatic carbocycles. The molecule has 4 nitrogen and oxygen atoms in total. The van der Waals surface area contributed by atoms with Crippen LogP contribution in [0.1, 0.15) is 48.3 Å². The van der Waals surface area contributed by atoms with E-state index in [-0.39, 0.29) is 23.1 Å². The van der Waals surface area contributed by atoms with Crippen LogP contribution in [0.25, 0.3) is 6.08 Å². The molecule has 6 heteroatoms. The van der Waals surface area contributed by atoms with E-state index < -0.39 is 11.6 Å². The zero-order valence-corrected chi connectivity index (χ0v) is 15.3. The lowest BCUT2D eigenvalue weighted by Gasteiger charge is -2.44. The fourth-order valence-electron chi connectivity index (χ4n) is 3.64. The Morgan fingerprint density at radius 3 is 2.56 bits per heavy atom. The highest BCUT2D eigenvalue weighted by Crippen LogP contribution is 2.40. The summed E-state index contributed by atoms with van der Waals surface area (Å²) in [6.07, 6.45) is 6.59. The summed E-state index contributed by atoms with van der Waals surface area (Å²) in [5, 5.41) is 5.99. The first-order chi connectivity index (χ1) is 12.8. The molecule has 2 aliphatic rings. The number of hydrogen-bond acceptors (Lipinski definition) is 3. The summed E-state index contributed by atoms with van der Waals surface area (Å²) in [6, 6.07) is 5.09. The maximum Gasteiger partial charge on any atom is 0.270 e.